The van der Waals surface area contributed by atoms with E-state index in [0.29, 0.717) is 6.61 Å². The lowest BCUT2D eigenvalue weighted by molar-refractivity contribution is -0.0510. The highest BCUT2D eigenvalue weighted by Gasteiger charge is 2.42. The molecule has 1 unspecified atom stereocenters. The van der Waals surface area contributed by atoms with E-state index >= 15 is 0 Å². The van der Waals surface area contributed by atoms with Crippen molar-refractivity contribution in [1.29, 1.82) is 0 Å². The first-order chi connectivity index (χ1) is 10.1. The first kappa shape index (κ1) is 15.8. The number of hydrogen-bond acceptors (Lipinski definition) is 3. The summed E-state index contributed by atoms with van der Waals surface area (Å²) in [6.07, 6.45) is 7.47. The van der Waals surface area contributed by atoms with Gasteiger partial charge in [-0.3, -0.25) is 0 Å². The minimum atomic E-state index is 0.0196. The summed E-state index contributed by atoms with van der Waals surface area (Å²) in [7, 11) is 0. The second-order valence-corrected chi connectivity index (χ2v) is 7.74. The molecule has 1 atom stereocenters. The molecule has 1 aliphatic carbocycles. The van der Waals surface area contributed by atoms with Gasteiger partial charge >= 0.3 is 0 Å². The number of hydrogen-bond donors (Lipinski definition) is 1. The standard InChI is InChI=1S/C16H20Br2O3/c17-13-7-11(9-19)8-14(18)15(13)20-10-12-3-6-16(21-12)4-1-2-5-16/h7-8,12,19H,1-6,9-10H2. The van der Waals surface area contributed by atoms with Crippen molar-refractivity contribution in [2.45, 2.75) is 56.8 Å². The predicted octanol–water partition coefficient (Wildman–Crippen LogP) is 4.57. The van der Waals surface area contributed by atoms with Crippen molar-refractivity contribution >= 4 is 31.9 Å². The van der Waals surface area contributed by atoms with Crippen LogP contribution in [-0.4, -0.2) is 23.4 Å². The van der Waals surface area contributed by atoms with E-state index in [0.717, 1.165) is 26.7 Å². The third-order valence-corrected chi connectivity index (χ3v) is 5.69. The number of ether oxygens (including phenoxy) is 2. The molecule has 1 heterocycles. The van der Waals surface area contributed by atoms with Crippen molar-refractivity contribution in [2.24, 2.45) is 0 Å². The lowest BCUT2D eigenvalue weighted by Crippen LogP contribution is -2.27. The summed E-state index contributed by atoms with van der Waals surface area (Å²) in [6.45, 7) is 0.600. The van der Waals surface area contributed by atoms with Crippen LogP contribution in [0.15, 0.2) is 21.1 Å². The van der Waals surface area contributed by atoms with Crippen LogP contribution >= 0.6 is 31.9 Å². The minimum absolute atomic E-state index is 0.0196. The zero-order chi connectivity index (χ0) is 14.9. The van der Waals surface area contributed by atoms with E-state index in [-0.39, 0.29) is 18.3 Å². The Bertz CT molecular complexity index is 489. The van der Waals surface area contributed by atoms with Gasteiger partial charge in [0.25, 0.3) is 0 Å². The Labute approximate surface area is 142 Å². The van der Waals surface area contributed by atoms with E-state index in [2.05, 4.69) is 31.9 Å². The van der Waals surface area contributed by atoms with Gasteiger partial charge < -0.3 is 14.6 Å². The predicted molar refractivity (Wildman–Crippen MR) is 88.6 cm³/mol. The van der Waals surface area contributed by atoms with Crippen molar-refractivity contribution in [3.63, 3.8) is 0 Å². The summed E-state index contributed by atoms with van der Waals surface area (Å²) in [6, 6.07) is 3.77. The van der Waals surface area contributed by atoms with E-state index < -0.39 is 0 Å². The summed E-state index contributed by atoms with van der Waals surface area (Å²) in [5, 5.41) is 9.20. The Morgan fingerprint density at radius 2 is 1.86 bits per heavy atom. The molecule has 5 heteroatoms. The zero-order valence-electron chi connectivity index (χ0n) is 11.9. The summed E-state index contributed by atoms with van der Waals surface area (Å²) in [5.74, 6) is 0.781. The molecule has 2 aliphatic rings. The van der Waals surface area contributed by atoms with Gasteiger partial charge in [0.1, 0.15) is 12.4 Å². The normalized spacial score (nSPS) is 23.9. The molecule has 0 amide bonds. The summed E-state index contributed by atoms with van der Waals surface area (Å²) >= 11 is 7.00. The van der Waals surface area contributed by atoms with Crippen LogP contribution in [0.4, 0.5) is 0 Å². The van der Waals surface area contributed by atoms with Crippen LogP contribution in [0.25, 0.3) is 0 Å². The van der Waals surface area contributed by atoms with Crippen LogP contribution in [0.5, 0.6) is 5.75 Å². The van der Waals surface area contributed by atoms with Crippen molar-refractivity contribution in [2.75, 3.05) is 6.61 Å². The molecular weight excluding hydrogens is 400 g/mol. The number of aliphatic hydroxyl groups is 1. The van der Waals surface area contributed by atoms with Crippen LogP contribution in [0.1, 0.15) is 44.1 Å². The molecule has 3 nitrogen and oxygen atoms in total. The molecule has 1 spiro atoms. The first-order valence-electron chi connectivity index (χ1n) is 7.51. The first-order valence-corrected chi connectivity index (χ1v) is 9.10. The van der Waals surface area contributed by atoms with Crippen LogP contribution in [0.3, 0.4) is 0 Å². The highest BCUT2D eigenvalue weighted by molar-refractivity contribution is 9.11. The SMILES string of the molecule is OCc1cc(Br)c(OCC2CCC3(CCCC3)O2)c(Br)c1. The van der Waals surface area contributed by atoms with E-state index in [9.17, 15) is 5.11 Å². The molecule has 0 bridgehead atoms. The number of rotatable bonds is 4. The second-order valence-electron chi connectivity index (χ2n) is 6.03. The average Bonchev–Trinajstić information content (AvgIpc) is 3.08. The molecule has 2 fully saturated rings. The fraction of sp³-hybridized carbons (Fsp3) is 0.625. The largest absolute Gasteiger partial charge is 0.489 e. The van der Waals surface area contributed by atoms with Crippen molar-refractivity contribution in [3.8, 4) is 5.75 Å². The topological polar surface area (TPSA) is 38.7 Å². The van der Waals surface area contributed by atoms with Gasteiger partial charge in [-0.25, -0.2) is 0 Å². The van der Waals surface area contributed by atoms with Gasteiger partial charge in [-0.2, -0.15) is 0 Å². The maximum absolute atomic E-state index is 9.20. The van der Waals surface area contributed by atoms with Crippen molar-refractivity contribution in [3.05, 3.63) is 26.6 Å². The molecule has 0 radical (unpaired) electrons. The Morgan fingerprint density at radius 3 is 2.48 bits per heavy atom. The Balaban J connectivity index is 1.61. The van der Waals surface area contributed by atoms with Crippen LogP contribution in [-0.2, 0) is 11.3 Å². The molecule has 1 aromatic rings. The van der Waals surface area contributed by atoms with Crippen molar-refractivity contribution < 1.29 is 14.6 Å². The molecule has 21 heavy (non-hydrogen) atoms. The highest BCUT2D eigenvalue weighted by Crippen LogP contribution is 2.43. The van der Waals surface area contributed by atoms with Gasteiger partial charge in [0.2, 0.25) is 0 Å². The molecule has 116 valence electrons. The van der Waals surface area contributed by atoms with Crippen LogP contribution in [0.2, 0.25) is 0 Å². The number of aliphatic hydroxyl groups excluding tert-OH is 1. The number of benzene rings is 1. The van der Waals surface area contributed by atoms with Crippen LogP contribution in [0, 0.1) is 0 Å². The lowest BCUT2D eigenvalue weighted by atomic mass is 9.98. The van der Waals surface area contributed by atoms with Gasteiger partial charge in [0.05, 0.1) is 27.3 Å². The monoisotopic (exact) mass is 418 g/mol. The maximum Gasteiger partial charge on any atom is 0.147 e. The molecule has 3 rings (SSSR count). The smallest absolute Gasteiger partial charge is 0.147 e. The van der Waals surface area contributed by atoms with E-state index in [1.54, 1.807) is 0 Å². The van der Waals surface area contributed by atoms with Gasteiger partial charge in [-0.15, -0.1) is 0 Å². The molecular formula is C16H20Br2O3. The highest BCUT2D eigenvalue weighted by atomic mass is 79.9. The van der Waals surface area contributed by atoms with Crippen LogP contribution < -0.4 is 4.74 Å². The molecule has 1 aliphatic heterocycles. The number of halogens is 2. The molecule has 1 saturated heterocycles. The maximum atomic E-state index is 9.20. The van der Waals surface area contributed by atoms with Gasteiger partial charge in [-0.1, -0.05) is 12.8 Å². The van der Waals surface area contributed by atoms with Crippen molar-refractivity contribution in [1.82, 2.24) is 0 Å². The van der Waals surface area contributed by atoms with E-state index in [4.69, 9.17) is 9.47 Å². The molecule has 1 aromatic carbocycles. The zero-order valence-corrected chi connectivity index (χ0v) is 15.1. The minimum Gasteiger partial charge on any atom is -0.489 e. The fourth-order valence-corrected chi connectivity index (χ4v) is 4.93. The van der Waals surface area contributed by atoms with Gasteiger partial charge in [-0.05, 0) is 75.2 Å². The third-order valence-electron chi connectivity index (χ3n) is 4.51. The molecule has 1 saturated carbocycles. The Hall–Kier alpha value is -0.100. The molecule has 1 N–H and O–H groups in total. The third kappa shape index (κ3) is 3.46. The molecule has 0 aromatic heterocycles. The summed E-state index contributed by atoms with van der Waals surface area (Å²) in [5.41, 5.74) is 1.01. The van der Waals surface area contributed by atoms with E-state index in [1.165, 1.54) is 32.1 Å². The second kappa shape index (κ2) is 6.57. The Morgan fingerprint density at radius 1 is 1.19 bits per heavy atom. The lowest BCUT2D eigenvalue weighted by Gasteiger charge is -2.24. The fourth-order valence-electron chi connectivity index (χ4n) is 3.42. The van der Waals surface area contributed by atoms with Gasteiger partial charge in [0.15, 0.2) is 0 Å². The summed E-state index contributed by atoms with van der Waals surface area (Å²) < 4.78 is 13.9. The summed E-state index contributed by atoms with van der Waals surface area (Å²) in [4.78, 5) is 0. The average molecular weight is 420 g/mol. The Kier molecular flexibility index (Phi) is 4.94. The quantitative estimate of drug-likeness (QED) is 0.776. The van der Waals surface area contributed by atoms with Gasteiger partial charge in [0, 0.05) is 0 Å². The van der Waals surface area contributed by atoms with E-state index in [1.807, 2.05) is 12.1 Å².